The van der Waals surface area contributed by atoms with E-state index in [0.717, 1.165) is 51.1 Å². The molecule has 0 N–H and O–H groups in total. The number of benzene rings is 1. The molecule has 0 unspecified atom stereocenters. The molecule has 0 spiro atoms. The third kappa shape index (κ3) is 3.39. The molecule has 1 aromatic heterocycles. The first-order valence-electron chi connectivity index (χ1n) is 9.45. The van der Waals surface area contributed by atoms with Gasteiger partial charge >= 0.3 is 0 Å². The zero-order valence-electron chi connectivity index (χ0n) is 14.7. The minimum absolute atomic E-state index is 0.0778. The van der Waals surface area contributed by atoms with Crippen molar-refractivity contribution in [1.82, 2.24) is 9.88 Å². The van der Waals surface area contributed by atoms with Gasteiger partial charge in [0.05, 0.1) is 0 Å². The van der Waals surface area contributed by atoms with E-state index in [0.29, 0.717) is 5.69 Å². The van der Waals surface area contributed by atoms with Crippen molar-refractivity contribution < 1.29 is 4.79 Å². The van der Waals surface area contributed by atoms with Gasteiger partial charge in [0.25, 0.3) is 5.91 Å². The van der Waals surface area contributed by atoms with Crippen LogP contribution >= 0.6 is 0 Å². The van der Waals surface area contributed by atoms with Gasteiger partial charge in [-0.05, 0) is 49.4 Å². The molecule has 0 atom stereocenters. The number of pyridine rings is 1. The van der Waals surface area contributed by atoms with Crippen molar-refractivity contribution in [3.05, 3.63) is 53.7 Å². The van der Waals surface area contributed by atoms with Gasteiger partial charge in [-0.3, -0.25) is 4.79 Å². The van der Waals surface area contributed by atoms with Crippen LogP contribution in [0.25, 0.3) is 0 Å². The third-order valence-corrected chi connectivity index (χ3v) is 5.23. The number of amides is 1. The molecule has 3 heterocycles. The lowest BCUT2D eigenvalue weighted by atomic mass is 10.0. The largest absolute Gasteiger partial charge is 0.337 e. The molecule has 4 heteroatoms. The summed E-state index contributed by atoms with van der Waals surface area (Å²) in [6.07, 6.45) is 6.88. The molecular formula is C21H25N3O. The van der Waals surface area contributed by atoms with Crippen LogP contribution in [0.5, 0.6) is 0 Å². The normalized spacial score (nSPS) is 17.8. The number of fused-ring (bicyclic) bond motifs is 1. The summed E-state index contributed by atoms with van der Waals surface area (Å²) in [5.74, 6) is 0.960. The van der Waals surface area contributed by atoms with Crippen molar-refractivity contribution in [2.75, 3.05) is 24.5 Å². The molecule has 2 aromatic rings. The maximum absolute atomic E-state index is 12.9. The number of rotatable bonds is 2. The van der Waals surface area contributed by atoms with Crippen LogP contribution in [0.1, 0.15) is 48.2 Å². The molecular weight excluding hydrogens is 310 g/mol. The molecule has 4 nitrogen and oxygen atoms in total. The molecule has 4 rings (SSSR count). The van der Waals surface area contributed by atoms with Crippen molar-refractivity contribution in [1.29, 1.82) is 0 Å². The van der Waals surface area contributed by atoms with E-state index in [2.05, 4.69) is 29.2 Å². The Morgan fingerprint density at radius 1 is 0.840 bits per heavy atom. The maximum atomic E-state index is 12.9. The van der Waals surface area contributed by atoms with Gasteiger partial charge in [-0.2, -0.15) is 0 Å². The van der Waals surface area contributed by atoms with Crippen LogP contribution in [-0.4, -0.2) is 35.4 Å². The second-order valence-electron chi connectivity index (χ2n) is 6.97. The highest BCUT2D eigenvalue weighted by atomic mass is 16.2. The highest BCUT2D eigenvalue weighted by Gasteiger charge is 2.22. The van der Waals surface area contributed by atoms with Gasteiger partial charge in [0, 0.05) is 25.3 Å². The SMILES string of the molecule is O=C(c1cccc(N2CCCc3ccccc32)n1)N1CCCCCC1. The van der Waals surface area contributed by atoms with Crippen molar-refractivity contribution in [2.45, 2.75) is 38.5 Å². The van der Waals surface area contributed by atoms with E-state index in [1.165, 1.54) is 24.1 Å². The highest BCUT2D eigenvalue weighted by Crippen LogP contribution is 2.32. The third-order valence-electron chi connectivity index (χ3n) is 5.23. The Morgan fingerprint density at radius 2 is 1.64 bits per heavy atom. The fourth-order valence-corrected chi connectivity index (χ4v) is 3.90. The minimum Gasteiger partial charge on any atom is -0.337 e. The first kappa shape index (κ1) is 16.1. The predicted octanol–water partition coefficient (Wildman–Crippen LogP) is 4.18. The quantitative estimate of drug-likeness (QED) is 0.826. The first-order valence-corrected chi connectivity index (χ1v) is 9.45. The summed E-state index contributed by atoms with van der Waals surface area (Å²) in [7, 11) is 0. The van der Waals surface area contributed by atoms with Crippen molar-refractivity contribution in [3.63, 3.8) is 0 Å². The molecule has 2 aliphatic rings. The number of aryl methyl sites for hydroxylation is 1. The van der Waals surface area contributed by atoms with Crippen LogP contribution in [0.3, 0.4) is 0 Å². The number of carbonyl (C=O) groups excluding carboxylic acids is 1. The van der Waals surface area contributed by atoms with Gasteiger partial charge in [-0.15, -0.1) is 0 Å². The Kier molecular flexibility index (Phi) is 4.68. The Hall–Kier alpha value is -2.36. The average Bonchev–Trinajstić information content (AvgIpc) is 2.96. The van der Waals surface area contributed by atoms with Crippen LogP contribution in [-0.2, 0) is 6.42 Å². The number of hydrogen-bond donors (Lipinski definition) is 0. The van der Waals surface area contributed by atoms with E-state index < -0.39 is 0 Å². The highest BCUT2D eigenvalue weighted by molar-refractivity contribution is 5.92. The second-order valence-corrected chi connectivity index (χ2v) is 6.97. The zero-order chi connectivity index (χ0) is 17.1. The lowest BCUT2D eigenvalue weighted by Gasteiger charge is -2.30. The molecule has 0 aliphatic carbocycles. The summed E-state index contributed by atoms with van der Waals surface area (Å²) >= 11 is 0. The molecule has 25 heavy (non-hydrogen) atoms. The topological polar surface area (TPSA) is 36.4 Å². The summed E-state index contributed by atoms with van der Waals surface area (Å²) in [4.78, 5) is 21.8. The monoisotopic (exact) mass is 335 g/mol. The Bertz CT molecular complexity index is 750. The molecule has 1 saturated heterocycles. The van der Waals surface area contributed by atoms with Crippen molar-refractivity contribution in [2.24, 2.45) is 0 Å². The maximum Gasteiger partial charge on any atom is 0.272 e. The van der Waals surface area contributed by atoms with E-state index in [1.807, 2.05) is 23.1 Å². The smallest absolute Gasteiger partial charge is 0.272 e. The summed E-state index contributed by atoms with van der Waals surface area (Å²) in [5.41, 5.74) is 3.16. The van der Waals surface area contributed by atoms with Crippen LogP contribution in [0, 0.1) is 0 Å². The van der Waals surface area contributed by atoms with Gasteiger partial charge in [-0.1, -0.05) is 37.1 Å². The van der Waals surface area contributed by atoms with Gasteiger partial charge in [0.1, 0.15) is 11.5 Å². The average molecular weight is 335 g/mol. The number of likely N-dealkylation sites (tertiary alicyclic amines) is 1. The summed E-state index contributed by atoms with van der Waals surface area (Å²) in [6, 6.07) is 14.3. The molecule has 130 valence electrons. The molecule has 0 radical (unpaired) electrons. The molecule has 1 aromatic carbocycles. The Morgan fingerprint density at radius 3 is 2.48 bits per heavy atom. The zero-order valence-corrected chi connectivity index (χ0v) is 14.7. The van der Waals surface area contributed by atoms with E-state index in [9.17, 15) is 4.79 Å². The lowest BCUT2D eigenvalue weighted by molar-refractivity contribution is 0.0756. The first-order chi connectivity index (χ1) is 12.3. The predicted molar refractivity (Wildman–Crippen MR) is 100 cm³/mol. The van der Waals surface area contributed by atoms with E-state index in [-0.39, 0.29) is 5.91 Å². The number of anilines is 2. The van der Waals surface area contributed by atoms with Gasteiger partial charge in [0.15, 0.2) is 0 Å². The van der Waals surface area contributed by atoms with Gasteiger partial charge in [-0.25, -0.2) is 4.98 Å². The minimum atomic E-state index is 0.0778. The fourth-order valence-electron chi connectivity index (χ4n) is 3.90. The number of carbonyl (C=O) groups is 1. The number of aromatic nitrogens is 1. The van der Waals surface area contributed by atoms with Gasteiger partial charge in [0.2, 0.25) is 0 Å². The number of hydrogen-bond acceptors (Lipinski definition) is 3. The standard InChI is InChI=1S/C21H25N3O/c25-21(23-14-5-1-2-6-15-23)18-11-7-13-20(22-18)24-16-8-10-17-9-3-4-12-19(17)24/h3-4,7,9,11-13H,1-2,5-6,8,10,14-16H2. The van der Waals surface area contributed by atoms with Crippen molar-refractivity contribution >= 4 is 17.4 Å². The molecule has 2 aliphatic heterocycles. The van der Waals surface area contributed by atoms with E-state index in [4.69, 9.17) is 4.98 Å². The summed E-state index contributed by atoms with van der Waals surface area (Å²) < 4.78 is 0. The summed E-state index contributed by atoms with van der Waals surface area (Å²) in [6.45, 7) is 2.67. The lowest BCUT2D eigenvalue weighted by Crippen LogP contribution is -2.33. The van der Waals surface area contributed by atoms with Crippen LogP contribution in [0.4, 0.5) is 11.5 Å². The number of para-hydroxylation sites is 1. The van der Waals surface area contributed by atoms with Crippen LogP contribution < -0.4 is 4.90 Å². The molecule has 1 fully saturated rings. The molecule has 0 saturated carbocycles. The molecule has 1 amide bonds. The summed E-state index contributed by atoms with van der Waals surface area (Å²) in [5, 5.41) is 0. The Labute approximate surface area is 149 Å². The van der Waals surface area contributed by atoms with E-state index in [1.54, 1.807) is 0 Å². The van der Waals surface area contributed by atoms with Crippen molar-refractivity contribution in [3.8, 4) is 0 Å². The van der Waals surface area contributed by atoms with Crippen LogP contribution in [0.2, 0.25) is 0 Å². The molecule has 0 bridgehead atoms. The van der Waals surface area contributed by atoms with E-state index >= 15 is 0 Å². The van der Waals surface area contributed by atoms with Crippen LogP contribution in [0.15, 0.2) is 42.5 Å². The van der Waals surface area contributed by atoms with Gasteiger partial charge < -0.3 is 9.80 Å². The number of nitrogens with zero attached hydrogens (tertiary/aromatic N) is 3. The fraction of sp³-hybridized carbons (Fsp3) is 0.429. The Balaban J connectivity index is 1.61. The second kappa shape index (κ2) is 7.26.